The summed E-state index contributed by atoms with van der Waals surface area (Å²) in [5.41, 5.74) is 2.10. The maximum absolute atomic E-state index is 12.6. The normalized spacial score (nSPS) is 17.6. The van der Waals surface area contributed by atoms with Gasteiger partial charge in [-0.15, -0.1) is 5.10 Å². The lowest BCUT2D eigenvalue weighted by molar-refractivity contribution is -0.122. The van der Waals surface area contributed by atoms with Gasteiger partial charge in [-0.1, -0.05) is 48.5 Å². The van der Waals surface area contributed by atoms with E-state index in [1.54, 1.807) is 4.68 Å². The number of carbonyl (C=O) groups is 1. The molecule has 0 saturated carbocycles. The van der Waals surface area contributed by atoms with E-state index in [2.05, 4.69) is 15.4 Å². The number of amides is 1. The van der Waals surface area contributed by atoms with Gasteiger partial charge in [0.05, 0.1) is 6.04 Å². The highest BCUT2D eigenvalue weighted by Crippen LogP contribution is 2.40. The van der Waals surface area contributed by atoms with Crippen molar-refractivity contribution in [2.24, 2.45) is 0 Å². The van der Waals surface area contributed by atoms with Crippen molar-refractivity contribution in [1.29, 1.82) is 5.26 Å². The van der Waals surface area contributed by atoms with Crippen molar-refractivity contribution >= 4 is 5.91 Å². The lowest BCUT2D eigenvalue weighted by atomic mass is 9.93. The van der Waals surface area contributed by atoms with Gasteiger partial charge in [0.1, 0.15) is 24.3 Å². The zero-order chi connectivity index (χ0) is 20.1. The molecule has 3 aromatic rings. The molecule has 0 bridgehead atoms. The van der Waals surface area contributed by atoms with Crippen LogP contribution in [0.3, 0.4) is 0 Å². The first-order chi connectivity index (χ1) is 14.2. The summed E-state index contributed by atoms with van der Waals surface area (Å²) in [5, 5.41) is 15.9. The fourth-order valence-electron chi connectivity index (χ4n) is 3.55. The predicted octanol–water partition coefficient (Wildman–Crippen LogP) is 3.31. The molecule has 2 aromatic carbocycles. The predicted molar refractivity (Wildman–Crippen MR) is 106 cm³/mol. The first kappa shape index (κ1) is 18.7. The first-order valence-corrected chi connectivity index (χ1v) is 9.62. The highest BCUT2D eigenvalue weighted by atomic mass is 16.5. The number of hydrogen-bond acceptors (Lipinski definition) is 5. The lowest BCUT2D eigenvalue weighted by Gasteiger charge is -2.33. The van der Waals surface area contributed by atoms with Gasteiger partial charge in [-0.05, 0) is 18.1 Å². The Morgan fingerprint density at radius 3 is 2.79 bits per heavy atom. The molecule has 146 valence electrons. The number of nitrogens with zero attached hydrogens (tertiary/aromatic N) is 4. The number of hydrogen-bond donors (Lipinski definition) is 1. The highest BCUT2D eigenvalue weighted by molar-refractivity contribution is 5.76. The maximum Gasteiger partial charge on any atom is 0.252 e. The molecular weight excluding hydrogens is 366 g/mol. The van der Waals surface area contributed by atoms with Crippen LogP contribution < -0.4 is 10.1 Å². The second kappa shape index (κ2) is 8.57. The summed E-state index contributed by atoms with van der Waals surface area (Å²) in [6.45, 7) is 0.541. The van der Waals surface area contributed by atoms with E-state index >= 15 is 0 Å². The number of fused-ring (bicyclic) bond motifs is 1. The number of nitriles is 1. The van der Waals surface area contributed by atoms with Gasteiger partial charge in [-0.2, -0.15) is 5.26 Å². The molecule has 7 heteroatoms. The van der Waals surface area contributed by atoms with Gasteiger partial charge in [0.2, 0.25) is 5.91 Å². The summed E-state index contributed by atoms with van der Waals surface area (Å²) in [7, 11) is 0. The second-order valence-electron chi connectivity index (χ2n) is 6.96. The Morgan fingerprint density at radius 2 is 2.00 bits per heavy atom. The molecule has 0 aliphatic carbocycles. The minimum atomic E-state index is -0.103. The Labute approximate surface area is 169 Å². The van der Waals surface area contributed by atoms with E-state index in [9.17, 15) is 4.79 Å². The van der Waals surface area contributed by atoms with E-state index in [1.165, 1.54) is 6.33 Å². The molecule has 0 unspecified atom stereocenters. The topological polar surface area (TPSA) is 92.8 Å². The molecule has 29 heavy (non-hydrogen) atoms. The zero-order valence-electron chi connectivity index (χ0n) is 15.9. The van der Waals surface area contributed by atoms with E-state index in [0.29, 0.717) is 25.8 Å². The molecular formula is C22H21N5O2. The number of benzene rings is 2. The fraction of sp³-hybridized carbons (Fsp3) is 0.273. The van der Waals surface area contributed by atoms with Crippen molar-refractivity contribution in [3.63, 3.8) is 0 Å². The molecule has 0 spiro atoms. The van der Waals surface area contributed by atoms with Crippen LogP contribution in [0.2, 0.25) is 0 Å². The third-order valence-electron chi connectivity index (χ3n) is 4.95. The highest BCUT2D eigenvalue weighted by Gasteiger charge is 2.29. The Hall–Kier alpha value is -3.66. The Kier molecular flexibility index (Phi) is 5.52. The number of rotatable bonds is 6. The molecule has 1 amide bonds. The van der Waals surface area contributed by atoms with Gasteiger partial charge in [-0.3, -0.25) is 9.48 Å². The Morgan fingerprint density at radius 1 is 1.21 bits per heavy atom. The minimum absolute atomic E-state index is 0.0147. The van der Waals surface area contributed by atoms with Crippen molar-refractivity contribution in [1.82, 2.24) is 20.1 Å². The molecule has 1 aromatic heterocycles. The fourth-order valence-corrected chi connectivity index (χ4v) is 3.55. The average molecular weight is 387 g/mol. The molecule has 0 fully saturated rings. The van der Waals surface area contributed by atoms with E-state index in [-0.39, 0.29) is 23.9 Å². The van der Waals surface area contributed by atoms with Gasteiger partial charge >= 0.3 is 0 Å². The summed E-state index contributed by atoms with van der Waals surface area (Å²) in [6.07, 6.45) is 3.08. The Balaban J connectivity index is 1.39. The largest absolute Gasteiger partial charge is 0.485 e. The van der Waals surface area contributed by atoms with Crippen LogP contribution in [0, 0.1) is 11.3 Å². The monoisotopic (exact) mass is 387 g/mol. The van der Waals surface area contributed by atoms with Crippen LogP contribution in [0.4, 0.5) is 0 Å². The molecule has 7 nitrogen and oxygen atoms in total. The quantitative estimate of drug-likeness (QED) is 0.700. The van der Waals surface area contributed by atoms with Crippen molar-refractivity contribution in [2.45, 2.75) is 38.0 Å². The number of ether oxygens (including phenoxy) is 1. The van der Waals surface area contributed by atoms with Gasteiger partial charge in [0, 0.05) is 24.9 Å². The van der Waals surface area contributed by atoms with Crippen molar-refractivity contribution in [3.05, 3.63) is 77.9 Å². The van der Waals surface area contributed by atoms with E-state index in [4.69, 9.17) is 10.00 Å². The van der Waals surface area contributed by atoms with Crippen molar-refractivity contribution < 1.29 is 9.53 Å². The smallest absolute Gasteiger partial charge is 0.252 e. The van der Waals surface area contributed by atoms with Gasteiger partial charge in [-0.25, -0.2) is 4.98 Å². The summed E-state index contributed by atoms with van der Waals surface area (Å²) in [4.78, 5) is 16.4. The molecule has 2 atom stereocenters. The third-order valence-corrected chi connectivity index (χ3v) is 4.95. The van der Waals surface area contributed by atoms with Crippen molar-refractivity contribution in [3.8, 4) is 11.8 Å². The van der Waals surface area contributed by atoms with E-state index in [0.717, 1.165) is 16.9 Å². The molecule has 1 aliphatic rings. The summed E-state index contributed by atoms with van der Waals surface area (Å²) < 4.78 is 7.77. The summed E-state index contributed by atoms with van der Waals surface area (Å²) >= 11 is 0. The van der Waals surface area contributed by atoms with Crippen LogP contribution in [0.15, 0.2) is 60.9 Å². The first-order valence-electron chi connectivity index (χ1n) is 9.62. The van der Waals surface area contributed by atoms with Crippen LogP contribution in [-0.4, -0.2) is 20.7 Å². The molecule has 2 heterocycles. The van der Waals surface area contributed by atoms with Crippen LogP contribution in [0.1, 0.15) is 48.4 Å². The average Bonchev–Trinajstić information content (AvgIpc) is 3.22. The molecule has 1 aliphatic heterocycles. The second-order valence-corrected chi connectivity index (χ2v) is 6.96. The van der Waals surface area contributed by atoms with E-state index < -0.39 is 0 Å². The minimum Gasteiger partial charge on any atom is -0.485 e. The van der Waals surface area contributed by atoms with Crippen LogP contribution in [-0.2, 0) is 11.3 Å². The zero-order valence-corrected chi connectivity index (χ0v) is 15.9. The van der Waals surface area contributed by atoms with Crippen LogP contribution in [0.5, 0.6) is 5.75 Å². The number of para-hydroxylation sites is 1. The number of carbonyl (C=O) groups excluding carboxylic acids is 1. The molecule has 0 radical (unpaired) electrons. The van der Waals surface area contributed by atoms with E-state index in [1.807, 2.05) is 60.7 Å². The Bertz CT molecular complexity index is 1020. The standard InChI is InChI=1S/C22H21N5O2/c23-14-21-24-15-27(26-21)12-6-11-22(28)25-18-13-20(16-7-2-1-3-8-16)29-19-10-5-4-9-17(18)19/h1-5,7-10,15,18,20H,6,11-13H2,(H,25,28)/t18-,20+/m1/s1. The molecule has 0 saturated heterocycles. The van der Waals surface area contributed by atoms with Crippen molar-refractivity contribution in [2.75, 3.05) is 0 Å². The molecule has 4 rings (SSSR count). The lowest BCUT2D eigenvalue weighted by Crippen LogP contribution is -2.33. The van der Waals surface area contributed by atoms with Crippen LogP contribution >= 0.6 is 0 Å². The SMILES string of the molecule is N#Cc1ncn(CCCC(=O)N[C@@H]2C[C@@H](c3ccccc3)Oc3ccccc32)n1. The number of aromatic nitrogens is 3. The number of aryl methyl sites for hydroxylation is 1. The summed E-state index contributed by atoms with van der Waals surface area (Å²) in [6, 6.07) is 19.7. The van der Waals surface area contributed by atoms with Gasteiger partial charge < -0.3 is 10.1 Å². The van der Waals surface area contributed by atoms with Gasteiger partial charge in [0.15, 0.2) is 0 Å². The molecule has 1 N–H and O–H groups in total. The van der Waals surface area contributed by atoms with Crippen LogP contribution in [0.25, 0.3) is 0 Å². The third kappa shape index (κ3) is 4.43. The maximum atomic E-state index is 12.6. The summed E-state index contributed by atoms with van der Waals surface area (Å²) in [5.74, 6) is 0.934. The van der Waals surface area contributed by atoms with Gasteiger partial charge in [0.25, 0.3) is 5.82 Å². The number of nitrogens with one attached hydrogen (secondary N) is 1.